The van der Waals surface area contributed by atoms with Gasteiger partial charge in [0.25, 0.3) is 0 Å². The third-order valence-corrected chi connectivity index (χ3v) is 3.69. The Morgan fingerprint density at radius 1 is 1.35 bits per heavy atom. The number of benzene rings is 1. The number of rotatable bonds is 7. The van der Waals surface area contributed by atoms with Gasteiger partial charge in [-0.3, -0.25) is 10.1 Å². The number of hydrogen-bond donors (Lipinski definition) is 0. The number of nitrogens with zero attached hydrogens (tertiary/aromatic N) is 2. The Kier molecular flexibility index (Phi) is 6.59. The second-order valence-electron chi connectivity index (χ2n) is 4.98. The molecular formula is C16H14Cl2N2O6. The van der Waals surface area contributed by atoms with Crippen LogP contribution in [0.15, 0.2) is 16.7 Å². The molecule has 0 spiro atoms. The minimum Gasteiger partial charge on any atom is -0.479 e. The standard InChI is InChI=1S/C16H14Cl2N2O6/c1-3-24-14(21)8-25-16-11(17)6-10(7-12(16)18)4-5-13-15(20(22)23)9(2)19-26-13/h4-7H,3,8H2,1-2H3. The van der Waals surface area contributed by atoms with Gasteiger partial charge < -0.3 is 14.0 Å². The molecule has 0 saturated heterocycles. The number of halogens is 2. The van der Waals surface area contributed by atoms with Crippen LogP contribution in [-0.4, -0.2) is 29.3 Å². The maximum absolute atomic E-state index is 11.3. The van der Waals surface area contributed by atoms with Gasteiger partial charge in [0.05, 0.1) is 21.6 Å². The zero-order chi connectivity index (χ0) is 19.3. The van der Waals surface area contributed by atoms with E-state index in [1.54, 1.807) is 6.92 Å². The Morgan fingerprint density at radius 2 is 2.00 bits per heavy atom. The molecule has 0 saturated carbocycles. The lowest BCUT2D eigenvalue weighted by molar-refractivity contribution is -0.386. The number of aromatic nitrogens is 1. The molecule has 8 nitrogen and oxygen atoms in total. The Hall–Kier alpha value is -2.58. The molecule has 0 aliphatic heterocycles. The molecule has 0 unspecified atom stereocenters. The van der Waals surface area contributed by atoms with Crippen LogP contribution in [0.5, 0.6) is 5.75 Å². The predicted molar refractivity (Wildman–Crippen MR) is 95.4 cm³/mol. The lowest BCUT2D eigenvalue weighted by Crippen LogP contribution is -2.14. The molecule has 0 fully saturated rings. The molecule has 0 aliphatic rings. The Labute approximate surface area is 158 Å². The van der Waals surface area contributed by atoms with Crippen molar-refractivity contribution in [2.45, 2.75) is 13.8 Å². The van der Waals surface area contributed by atoms with Gasteiger partial charge in [0.1, 0.15) is 0 Å². The number of esters is 1. The Morgan fingerprint density at radius 3 is 2.58 bits per heavy atom. The number of hydrogen-bond acceptors (Lipinski definition) is 7. The summed E-state index contributed by atoms with van der Waals surface area (Å²) in [7, 11) is 0. The Balaban J connectivity index is 2.20. The predicted octanol–water partition coefficient (Wildman–Crippen LogP) is 4.31. The first-order valence-corrected chi connectivity index (χ1v) is 8.15. The second kappa shape index (κ2) is 8.68. The second-order valence-corrected chi connectivity index (χ2v) is 5.79. The molecular weight excluding hydrogens is 387 g/mol. The van der Waals surface area contributed by atoms with E-state index in [0.717, 1.165) is 0 Å². The first kappa shape index (κ1) is 19.7. The van der Waals surface area contributed by atoms with Crippen LogP contribution < -0.4 is 4.74 Å². The average Bonchev–Trinajstić information content (AvgIpc) is 2.93. The highest BCUT2D eigenvalue weighted by Crippen LogP contribution is 2.35. The monoisotopic (exact) mass is 400 g/mol. The first-order valence-electron chi connectivity index (χ1n) is 7.39. The normalized spacial score (nSPS) is 10.9. The van der Waals surface area contributed by atoms with Gasteiger partial charge in [0.2, 0.25) is 5.76 Å². The van der Waals surface area contributed by atoms with Crippen molar-refractivity contribution in [1.29, 1.82) is 0 Å². The number of nitro groups is 1. The van der Waals surface area contributed by atoms with E-state index in [4.69, 9.17) is 37.2 Å². The molecule has 1 heterocycles. The number of ether oxygens (including phenoxy) is 2. The molecule has 10 heteroatoms. The van der Waals surface area contributed by atoms with Gasteiger partial charge in [0, 0.05) is 0 Å². The molecule has 2 rings (SSSR count). The van der Waals surface area contributed by atoms with E-state index in [-0.39, 0.29) is 46.2 Å². The summed E-state index contributed by atoms with van der Waals surface area (Å²) < 4.78 is 15.0. The molecule has 0 aliphatic carbocycles. The summed E-state index contributed by atoms with van der Waals surface area (Å²) in [5, 5.41) is 14.9. The Bertz CT molecular complexity index is 839. The van der Waals surface area contributed by atoms with Gasteiger partial charge in [-0.05, 0) is 37.6 Å². The summed E-state index contributed by atoms with van der Waals surface area (Å²) in [4.78, 5) is 21.8. The van der Waals surface area contributed by atoms with Crippen molar-refractivity contribution >= 4 is 47.0 Å². The number of aryl methyl sites for hydroxylation is 1. The molecule has 0 atom stereocenters. The summed E-state index contributed by atoms with van der Waals surface area (Å²) in [6, 6.07) is 3.05. The van der Waals surface area contributed by atoms with Crippen LogP contribution >= 0.6 is 23.2 Å². The van der Waals surface area contributed by atoms with Gasteiger partial charge in [-0.2, -0.15) is 0 Å². The van der Waals surface area contributed by atoms with E-state index >= 15 is 0 Å². The van der Waals surface area contributed by atoms with E-state index < -0.39 is 10.9 Å². The van der Waals surface area contributed by atoms with Crippen molar-refractivity contribution in [3.8, 4) is 5.75 Å². The fourth-order valence-corrected chi connectivity index (χ4v) is 2.65. The summed E-state index contributed by atoms with van der Waals surface area (Å²) in [5.41, 5.74) is 0.507. The van der Waals surface area contributed by atoms with Gasteiger partial charge >= 0.3 is 11.7 Å². The first-order chi connectivity index (χ1) is 12.3. The molecule has 0 bridgehead atoms. The lowest BCUT2D eigenvalue weighted by atomic mass is 10.2. The lowest BCUT2D eigenvalue weighted by Gasteiger charge is -2.10. The van der Waals surface area contributed by atoms with E-state index in [2.05, 4.69) is 5.16 Å². The summed E-state index contributed by atoms with van der Waals surface area (Å²) in [6.45, 7) is 3.06. The van der Waals surface area contributed by atoms with Crippen LogP contribution in [0.4, 0.5) is 5.69 Å². The minimum absolute atomic E-state index is 0.00221. The van der Waals surface area contributed by atoms with Crippen molar-refractivity contribution in [3.05, 3.63) is 49.3 Å². The third-order valence-electron chi connectivity index (χ3n) is 3.13. The molecule has 0 amide bonds. The van der Waals surface area contributed by atoms with Crippen LogP contribution in [0.3, 0.4) is 0 Å². The molecule has 2 aromatic rings. The van der Waals surface area contributed by atoms with Gasteiger partial charge in [-0.25, -0.2) is 4.79 Å². The van der Waals surface area contributed by atoms with Crippen molar-refractivity contribution in [2.75, 3.05) is 13.2 Å². The van der Waals surface area contributed by atoms with Crippen LogP contribution in [-0.2, 0) is 9.53 Å². The summed E-state index contributed by atoms with van der Waals surface area (Å²) in [6.07, 6.45) is 2.92. The van der Waals surface area contributed by atoms with Crippen LogP contribution in [0.1, 0.15) is 23.9 Å². The van der Waals surface area contributed by atoms with E-state index in [1.165, 1.54) is 31.2 Å². The maximum atomic E-state index is 11.3. The van der Waals surface area contributed by atoms with Gasteiger partial charge in [-0.15, -0.1) is 0 Å². The molecule has 138 valence electrons. The molecule has 0 N–H and O–H groups in total. The van der Waals surface area contributed by atoms with Crippen molar-refractivity contribution in [3.63, 3.8) is 0 Å². The highest BCUT2D eigenvalue weighted by Gasteiger charge is 2.22. The fourth-order valence-electron chi connectivity index (χ4n) is 2.03. The zero-order valence-corrected chi connectivity index (χ0v) is 15.3. The molecule has 26 heavy (non-hydrogen) atoms. The van der Waals surface area contributed by atoms with Crippen LogP contribution in [0, 0.1) is 17.0 Å². The number of carbonyl (C=O) groups excluding carboxylic acids is 1. The van der Waals surface area contributed by atoms with Crippen LogP contribution in [0.2, 0.25) is 10.0 Å². The highest BCUT2D eigenvalue weighted by atomic mass is 35.5. The largest absolute Gasteiger partial charge is 0.479 e. The molecule has 0 radical (unpaired) electrons. The van der Waals surface area contributed by atoms with E-state index in [9.17, 15) is 14.9 Å². The zero-order valence-electron chi connectivity index (χ0n) is 13.8. The van der Waals surface area contributed by atoms with Crippen LogP contribution in [0.25, 0.3) is 12.2 Å². The fraction of sp³-hybridized carbons (Fsp3) is 0.250. The van der Waals surface area contributed by atoms with Gasteiger partial charge in [-0.1, -0.05) is 34.4 Å². The highest BCUT2D eigenvalue weighted by molar-refractivity contribution is 6.37. The smallest absolute Gasteiger partial charge is 0.344 e. The van der Waals surface area contributed by atoms with E-state index in [0.29, 0.717) is 5.56 Å². The third kappa shape index (κ3) is 4.74. The van der Waals surface area contributed by atoms with E-state index in [1.807, 2.05) is 0 Å². The van der Waals surface area contributed by atoms with Crippen molar-refractivity contribution < 1.29 is 23.7 Å². The van der Waals surface area contributed by atoms with Crippen molar-refractivity contribution in [2.24, 2.45) is 0 Å². The minimum atomic E-state index is -0.572. The summed E-state index contributed by atoms with van der Waals surface area (Å²) >= 11 is 12.2. The summed E-state index contributed by atoms with van der Waals surface area (Å²) in [5.74, 6) is -0.404. The van der Waals surface area contributed by atoms with Gasteiger partial charge in [0.15, 0.2) is 18.1 Å². The maximum Gasteiger partial charge on any atom is 0.344 e. The molecule has 1 aromatic carbocycles. The SMILES string of the molecule is CCOC(=O)COc1c(Cl)cc(C=Cc2onc(C)c2[N+](=O)[O-])cc1Cl. The quantitative estimate of drug-likeness (QED) is 0.387. The topological polar surface area (TPSA) is 105 Å². The average molecular weight is 401 g/mol. The molecule has 1 aromatic heterocycles. The number of carbonyl (C=O) groups is 1. The van der Waals surface area contributed by atoms with Crippen molar-refractivity contribution in [1.82, 2.24) is 5.16 Å².